The number of benzene rings is 1. The van der Waals surface area contributed by atoms with Gasteiger partial charge in [0.15, 0.2) is 0 Å². The third-order valence-corrected chi connectivity index (χ3v) is 2.90. The van der Waals surface area contributed by atoms with Gasteiger partial charge in [-0.2, -0.15) is 0 Å². The fourth-order valence-electron chi connectivity index (χ4n) is 2.02. The molecular weight excluding hydrogens is 232 g/mol. The molecule has 0 bridgehead atoms. The molecule has 0 unspecified atom stereocenters. The Bertz CT molecular complexity index is 425. The molecule has 1 saturated heterocycles. The topological polar surface area (TPSA) is 55.6 Å². The summed E-state index contributed by atoms with van der Waals surface area (Å²) in [6.07, 6.45) is 1.69. The fraction of sp³-hybridized carbons (Fsp3) is 0.385. The van der Waals surface area contributed by atoms with Crippen molar-refractivity contribution in [2.45, 2.75) is 6.42 Å². The van der Waals surface area contributed by atoms with Crippen LogP contribution >= 0.6 is 0 Å². The highest BCUT2D eigenvalue weighted by molar-refractivity contribution is 5.20. The van der Waals surface area contributed by atoms with Gasteiger partial charge in [-0.1, -0.05) is 30.3 Å². The van der Waals surface area contributed by atoms with Crippen LogP contribution in [0.3, 0.4) is 0 Å². The average molecular weight is 248 g/mol. The summed E-state index contributed by atoms with van der Waals surface area (Å²) in [5, 5.41) is 10.7. The van der Waals surface area contributed by atoms with E-state index in [1.54, 1.807) is 0 Å². The molecule has 5 nitrogen and oxygen atoms in total. The van der Waals surface area contributed by atoms with E-state index >= 15 is 0 Å². The number of nitro groups is 1. The molecule has 0 saturated carbocycles. The standard InChI is InChI=1S/C13H16N2O3/c16-15(17)11-13(14-6-8-18-9-7-14)10-12-4-2-1-3-5-12/h1-5,11H,6-10H2/b13-11+. The first-order chi connectivity index (χ1) is 8.75. The zero-order chi connectivity index (χ0) is 12.8. The lowest BCUT2D eigenvalue weighted by atomic mass is 10.1. The van der Waals surface area contributed by atoms with E-state index < -0.39 is 0 Å². The number of rotatable bonds is 4. The Kier molecular flexibility index (Phi) is 4.30. The number of hydrogen-bond acceptors (Lipinski definition) is 4. The lowest BCUT2D eigenvalue weighted by Crippen LogP contribution is -2.36. The molecule has 0 radical (unpaired) electrons. The Morgan fingerprint density at radius 1 is 1.33 bits per heavy atom. The molecule has 1 aromatic carbocycles. The van der Waals surface area contributed by atoms with Gasteiger partial charge >= 0.3 is 0 Å². The van der Waals surface area contributed by atoms with E-state index in [2.05, 4.69) is 0 Å². The highest BCUT2D eigenvalue weighted by Gasteiger charge is 2.16. The molecule has 1 fully saturated rings. The molecule has 0 spiro atoms. The highest BCUT2D eigenvalue weighted by atomic mass is 16.6. The van der Waals surface area contributed by atoms with E-state index in [9.17, 15) is 10.1 Å². The minimum absolute atomic E-state index is 0.381. The number of allylic oxidation sites excluding steroid dienone is 1. The summed E-state index contributed by atoms with van der Waals surface area (Å²) in [4.78, 5) is 12.4. The van der Waals surface area contributed by atoms with Crippen LogP contribution in [-0.2, 0) is 11.2 Å². The van der Waals surface area contributed by atoms with Crippen molar-refractivity contribution >= 4 is 0 Å². The first-order valence-corrected chi connectivity index (χ1v) is 5.96. The van der Waals surface area contributed by atoms with E-state index in [1.165, 1.54) is 0 Å². The van der Waals surface area contributed by atoms with Gasteiger partial charge in [0.05, 0.1) is 23.8 Å². The predicted molar refractivity (Wildman–Crippen MR) is 67.6 cm³/mol. The van der Waals surface area contributed by atoms with Crippen molar-refractivity contribution in [3.63, 3.8) is 0 Å². The summed E-state index contributed by atoms with van der Waals surface area (Å²) in [5.74, 6) is 0. The molecule has 0 aliphatic carbocycles. The maximum atomic E-state index is 10.7. The van der Waals surface area contributed by atoms with Crippen LogP contribution in [0.15, 0.2) is 42.2 Å². The van der Waals surface area contributed by atoms with E-state index in [0.29, 0.717) is 32.7 Å². The van der Waals surface area contributed by atoms with Crippen LogP contribution in [0, 0.1) is 10.1 Å². The second-order valence-corrected chi connectivity index (χ2v) is 4.17. The van der Waals surface area contributed by atoms with Crippen molar-refractivity contribution in [3.05, 3.63) is 57.9 Å². The largest absolute Gasteiger partial charge is 0.378 e. The van der Waals surface area contributed by atoms with Gasteiger partial charge in [-0.25, -0.2) is 0 Å². The van der Waals surface area contributed by atoms with Crippen LogP contribution in [0.4, 0.5) is 0 Å². The molecule has 2 rings (SSSR count). The van der Waals surface area contributed by atoms with Gasteiger partial charge in [0.1, 0.15) is 0 Å². The monoisotopic (exact) mass is 248 g/mol. The van der Waals surface area contributed by atoms with Gasteiger partial charge in [0.2, 0.25) is 0 Å². The van der Waals surface area contributed by atoms with Gasteiger partial charge in [-0.15, -0.1) is 0 Å². The SMILES string of the molecule is O=[N+]([O-])/C=C(\Cc1ccccc1)N1CCOCC1. The maximum absolute atomic E-state index is 10.7. The summed E-state index contributed by atoms with van der Waals surface area (Å²) < 4.78 is 5.27. The molecule has 0 N–H and O–H groups in total. The van der Waals surface area contributed by atoms with Crippen molar-refractivity contribution < 1.29 is 9.66 Å². The zero-order valence-corrected chi connectivity index (χ0v) is 10.1. The van der Waals surface area contributed by atoms with E-state index in [-0.39, 0.29) is 4.92 Å². The predicted octanol–water partition coefficient (Wildman–Crippen LogP) is 1.68. The molecular formula is C13H16N2O3. The number of ether oxygens (including phenoxy) is 1. The normalized spacial score (nSPS) is 16.7. The molecule has 0 amide bonds. The smallest absolute Gasteiger partial charge is 0.253 e. The second-order valence-electron chi connectivity index (χ2n) is 4.17. The summed E-state index contributed by atoms with van der Waals surface area (Å²) in [7, 11) is 0. The Morgan fingerprint density at radius 2 is 2.00 bits per heavy atom. The summed E-state index contributed by atoms with van der Waals surface area (Å²) in [5.41, 5.74) is 1.83. The van der Waals surface area contributed by atoms with Crippen LogP contribution in [0.2, 0.25) is 0 Å². The quantitative estimate of drug-likeness (QED) is 0.601. The zero-order valence-electron chi connectivity index (χ0n) is 10.1. The van der Waals surface area contributed by atoms with Crippen molar-refractivity contribution in [1.29, 1.82) is 0 Å². The fourth-order valence-corrected chi connectivity index (χ4v) is 2.02. The van der Waals surface area contributed by atoms with Crippen molar-refractivity contribution in [2.75, 3.05) is 26.3 Å². The van der Waals surface area contributed by atoms with Crippen molar-refractivity contribution in [2.24, 2.45) is 0 Å². The molecule has 96 valence electrons. The number of hydrogen-bond donors (Lipinski definition) is 0. The highest BCUT2D eigenvalue weighted by Crippen LogP contribution is 2.14. The summed E-state index contributed by atoms with van der Waals surface area (Å²) in [6, 6.07) is 9.79. The van der Waals surface area contributed by atoms with E-state index in [4.69, 9.17) is 4.74 Å². The molecule has 5 heteroatoms. The van der Waals surface area contributed by atoms with Crippen LogP contribution in [0.25, 0.3) is 0 Å². The van der Waals surface area contributed by atoms with Crippen LogP contribution < -0.4 is 0 Å². The first-order valence-electron chi connectivity index (χ1n) is 5.96. The van der Waals surface area contributed by atoms with E-state index in [1.807, 2.05) is 35.2 Å². The van der Waals surface area contributed by atoms with Crippen LogP contribution in [0.1, 0.15) is 5.56 Å². The third-order valence-electron chi connectivity index (χ3n) is 2.90. The Balaban J connectivity index is 2.12. The Hall–Kier alpha value is -1.88. The number of morpholine rings is 1. The Labute approximate surface area is 106 Å². The van der Waals surface area contributed by atoms with Gasteiger partial charge in [0.25, 0.3) is 6.20 Å². The second kappa shape index (κ2) is 6.16. The lowest BCUT2D eigenvalue weighted by molar-refractivity contribution is -0.404. The molecule has 0 aromatic heterocycles. The van der Waals surface area contributed by atoms with Gasteiger partial charge in [-0.05, 0) is 5.56 Å². The molecule has 0 atom stereocenters. The molecule has 1 heterocycles. The van der Waals surface area contributed by atoms with Crippen LogP contribution in [-0.4, -0.2) is 36.1 Å². The molecule has 1 aliphatic rings. The molecule has 18 heavy (non-hydrogen) atoms. The lowest BCUT2D eigenvalue weighted by Gasteiger charge is -2.29. The third kappa shape index (κ3) is 3.56. The average Bonchev–Trinajstić information content (AvgIpc) is 2.40. The van der Waals surface area contributed by atoms with E-state index in [0.717, 1.165) is 17.5 Å². The number of nitrogens with zero attached hydrogens (tertiary/aromatic N) is 2. The van der Waals surface area contributed by atoms with Crippen molar-refractivity contribution in [1.82, 2.24) is 4.90 Å². The first kappa shape index (κ1) is 12.6. The summed E-state index contributed by atoms with van der Waals surface area (Å²) in [6.45, 7) is 2.69. The molecule has 1 aromatic rings. The molecule has 1 aliphatic heterocycles. The minimum atomic E-state index is -0.381. The van der Waals surface area contributed by atoms with Gasteiger partial charge in [-0.3, -0.25) is 10.1 Å². The van der Waals surface area contributed by atoms with Crippen molar-refractivity contribution in [3.8, 4) is 0 Å². The maximum Gasteiger partial charge on any atom is 0.253 e. The summed E-state index contributed by atoms with van der Waals surface area (Å²) >= 11 is 0. The van der Waals surface area contributed by atoms with Gasteiger partial charge in [0, 0.05) is 19.5 Å². The van der Waals surface area contributed by atoms with Gasteiger partial charge < -0.3 is 9.64 Å². The Morgan fingerprint density at radius 3 is 2.61 bits per heavy atom. The van der Waals surface area contributed by atoms with Crippen LogP contribution in [0.5, 0.6) is 0 Å². The minimum Gasteiger partial charge on any atom is -0.378 e.